The van der Waals surface area contributed by atoms with Crippen molar-refractivity contribution < 1.29 is 9.72 Å². The zero-order valence-electron chi connectivity index (χ0n) is 14.6. The zero-order chi connectivity index (χ0) is 18.4. The van der Waals surface area contributed by atoms with Crippen molar-refractivity contribution in [2.45, 2.75) is 19.3 Å². The first-order chi connectivity index (χ1) is 12.6. The van der Waals surface area contributed by atoms with Crippen LogP contribution < -0.4 is 4.90 Å². The Bertz CT molecular complexity index is 741. The first-order valence-electron chi connectivity index (χ1n) is 8.80. The first-order valence-corrected chi connectivity index (χ1v) is 8.80. The summed E-state index contributed by atoms with van der Waals surface area (Å²) in [5.74, 6) is 0.906. The van der Waals surface area contributed by atoms with Gasteiger partial charge in [0.25, 0.3) is 5.69 Å². The second kappa shape index (κ2) is 8.42. The lowest BCUT2D eigenvalue weighted by atomic mass is 10.1. The predicted molar refractivity (Wildman–Crippen MR) is 99.1 cm³/mol. The molecule has 0 spiro atoms. The van der Waals surface area contributed by atoms with Gasteiger partial charge in [-0.3, -0.25) is 14.9 Å². The van der Waals surface area contributed by atoms with E-state index in [1.54, 1.807) is 6.07 Å². The van der Waals surface area contributed by atoms with Crippen LogP contribution in [0.15, 0.2) is 48.7 Å². The average Bonchev–Trinajstić information content (AvgIpc) is 2.69. The number of benzene rings is 1. The number of nitrogens with zero attached hydrogens (tertiary/aromatic N) is 4. The minimum Gasteiger partial charge on any atom is -0.353 e. The summed E-state index contributed by atoms with van der Waals surface area (Å²) in [6, 6.07) is 13.3. The number of pyridine rings is 1. The smallest absolute Gasteiger partial charge is 0.287 e. The molecule has 1 aliphatic heterocycles. The van der Waals surface area contributed by atoms with Gasteiger partial charge in [-0.2, -0.15) is 0 Å². The third-order valence-electron chi connectivity index (χ3n) is 4.60. The summed E-state index contributed by atoms with van der Waals surface area (Å²) in [5.41, 5.74) is 1.25. The molecule has 3 rings (SSSR count). The Morgan fingerprint density at radius 2 is 1.81 bits per heavy atom. The third-order valence-corrected chi connectivity index (χ3v) is 4.60. The number of piperazine rings is 1. The van der Waals surface area contributed by atoms with Crippen LogP contribution in [0.25, 0.3) is 0 Å². The van der Waals surface area contributed by atoms with Gasteiger partial charge in [0.1, 0.15) is 12.0 Å². The van der Waals surface area contributed by atoms with Crippen LogP contribution in [0.4, 0.5) is 11.5 Å². The number of hydrogen-bond acceptors (Lipinski definition) is 5. The molecule has 7 nitrogen and oxygen atoms in total. The van der Waals surface area contributed by atoms with E-state index in [1.807, 2.05) is 23.1 Å². The fourth-order valence-corrected chi connectivity index (χ4v) is 3.10. The number of carbonyl (C=O) groups excluding carboxylic acids is 1. The lowest BCUT2D eigenvalue weighted by molar-refractivity contribution is -0.385. The summed E-state index contributed by atoms with van der Waals surface area (Å²) in [6.45, 7) is 2.69. The Morgan fingerprint density at radius 3 is 2.42 bits per heavy atom. The minimum atomic E-state index is -0.456. The summed E-state index contributed by atoms with van der Waals surface area (Å²) >= 11 is 0. The second-order valence-electron chi connectivity index (χ2n) is 6.34. The molecule has 0 atom stereocenters. The van der Waals surface area contributed by atoms with E-state index in [-0.39, 0.29) is 11.6 Å². The molecule has 136 valence electrons. The van der Waals surface area contributed by atoms with Crippen LogP contribution in [0.5, 0.6) is 0 Å². The van der Waals surface area contributed by atoms with Gasteiger partial charge in [0.15, 0.2) is 0 Å². The highest BCUT2D eigenvalue weighted by atomic mass is 16.6. The largest absolute Gasteiger partial charge is 0.353 e. The molecule has 1 amide bonds. The minimum absolute atomic E-state index is 0.0130. The number of carbonyl (C=O) groups is 1. The summed E-state index contributed by atoms with van der Waals surface area (Å²) < 4.78 is 0. The molecule has 2 heterocycles. The van der Waals surface area contributed by atoms with Crippen LogP contribution >= 0.6 is 0 Å². The second-order valence-corrected chi connectivity index (χ2v) is 6.34. The molecule has 2 aromatic rings. The van der Waals surface area contributed by atoms with E-state index in [9.17, 15) is 14.9 Å². The van der Waals surface area contributed by atoms with Crippen LogP contribution in [0.3, 0.4) is 0 Å². The van der Waals surface area contributed by atoms with Crippen LogP contribution in [0, 0.1) is 10.1 Å². The molecule has 0 radical (unpaired) electrons. The normalized spacial score (nSPS) is 14.3. The van der Waals surface area contributed by atoms with E-state index in [4.69, 9.17) is 0 Å². The van der Waals surface area contributed by atoms with Crippen molar-refractivity contribution >= 4 is 17.4 Å². The maximum Gasteiger partial charge on any atom is 0.287 e. The summed E-state index contributed by atoms with van der Waals surface area (Å²) in [6.07, 6.45) is 3.60. The SMILES string of the molecule is O=C(CCCc1ccccc1)N1CCN(c2ccc([N+](=O)[O-])cn2)CC1. The van der Waals surface area contributed by atoms with Gasteiger partial charge in [-0.25, -0.2) is 4.98 Å². The maximum absolute atomic E-state index is 12.4. The van der Waals surface area contributed by atoms with E-state index < -0.39 is 4.92 Å². The quantitative estimate of drug-likeness (QED) is 0.588. The molecule has 1 saturated heterocycles. The number of nitro groups is 1. The molecular formula is C19H22N4O3. The van der Waals surface area contributed by atoms with Gasteiger partial charge in [0.05, 0.1) is 4.92 Å². The molecule has 1 aromatic carbocycles. The van der Waals surface area contributed by atoms with E-state index in [0.717, 1.165) is 12.8 Å². The first kappa shape index (κ1) is 17.8. The number of anilines is 1. The highest BCUT2D eigenvalue weighted by molar-refractivity contribution is 5.76. The number of rotatable bonds is 6. The van der Waals surface area contributed by atoms with Crippen molar-refractivity contribution in [1.29, 1.82) is 0 Å². The summed E-state index contributed by atoms with van der Waals surface area (Å²) in [5, 5.41) is 10.7. The number of amides is 1. The number of aryl methyl sites for hydroxylation is 1. The summed E-state index contributed by atoms with van der Waals surface area (Å²) in [4.78, 5) is 30.7. The molecule has 0 aliphatic carbocycles. The molecule has 1 aromatic heterocycles. The van der Waals surface area contributed by atoms with Crippen molar-refractivity contribution in [2.75, 3.05) is 31.1 Å². The lowest BCUT2D eigenvalue weighted by Crippen LogP contribution is -2.49. The summed E-state index contributed by atoms with van der Waals surface area (Å²) in [7, 11) is 0. The maximum atomic E-state index is 12.4. The molecule has 0 N–H and O–H groups in total. The Kier molecular flexibility index (Phi) is 5.78. The van der Waals surface area contributed by atoms with Gasteiger partial charge in [0, 0.05) is 38.7 Å². The fraction of sp³-hybridized carbons (Fsp3) is 0.368. The van der Waals surface area contributed by atoms with Crippen molar-refractivity contribution in [3.05, 3.63) is 64.3 Å². The number of aromatic nitrogens is 1. The van der Waals surface area contributed by atoms with Crippen LogP contribution in [0.2, 0.25) is 0 Å². The van der Waals surface area contributed by atoms with Crippen molar-refractivity contribution in [3.63, 3.8) is 0 Å². The highest BCUT2D eigenvalue weighted by Gasteiger charge is 2.22. The Hall–Kier alpha value is -2.96. The van der Waals surface area contributed by atoms with Gasteiger partial charge in [0.2, 0.25) is 5.91 Å². The molecule has 0 saturated carbocycles. The van der Waals surface area contributed by atoms with E-state index in [1.165, 1.54) is 17.8 Å². The Balaban J connectivity index is 1.44. The lowest BCUT2D eigenvalue weighted by Gasteiger charge is -2.35. The Morgan fingerprint density at radius 1 is 1.08 bits per heavy atom. The molecule has 0 unspecified atom stereocenters. The van der Waals surface area contributed by atoms with Gasteiger partial charge < -0.3 is 9.80 Å². The topological polar surface area (TPSA) is 79.6 Å². The molecule has 7 heteroatoms. The standard InChI is InChI=1S/C19H22N4O3/c24-19(8-4-7-16-5-2-1-3-6-16)22-13-11-21(12-14-22)18-10-9-17(15-20-18)23(25)26/h1-3,5-6,9-10,15H,4,7-8,11-14H2. The van der Waals surface area contributed by atoms with Gasteiger partial charge in [-0.15, -0.1) is 0 Å². The highest BCUT2D eigenvalue weighted by Crippen LogP contribution is 2.18. The van der Waals surface area contributed by atoms with Gasteiger partial charge in [-0.1, -0.05) is 30.3 Å². The van der Waals surface area contributed by atoms with Crippen LogP contribution in [-0.4, -0.2) is 46.9 Å². The molecule has 1 aliphatic rings. The molecule has 0 bridgehead atoms. The fourth-order valence-electron chi connectivity index (χ4n) is 3.10. The van der Waals surface area contributed by atoms with Crippen molar-refractivity contribution in [2.24, 2.45) is 0 Å². The molecular weight excluding hydrogens is 332 g/mol. The average molecular weight is 354 g/mol. The monoisotopic (exact) mass is 354 g/mol. The Labute approximate surface area is 152 Å². The number of hydrogen-bond donors (Lipinski definition) is 0. The predicted octanol–water partition coefficient (Wildman–Crippen LogP) is 2.66. The van der Waals surface area contributed by atoms with E-state index >= 15 is 0 Å². The van der Waals surface area contributed by atoms with Crippen molar-refractivity contribution in [3.8, 4) is 0 Å². The van der Waals surface area contributed by atoms with E-state index in [0.29, 0.717) is 38.4 Å². The third kappa shape index (κ3) is 4.56. The molecule has 26 heavy (non-hydrogen) atoms. The zero-order valence-corrected chi connectivity index (χ0v) is 14.6. The van der Waals surface area contributed by atoms with Crippen LogP contribution in [-0.2, 0) is 11.2 Å². The van der Waals surface area contributed by atoms with Gasteiger partial charge in [-0.05, 0) is 24.5 Å². The van der Waals surface area contributed by atoms with Crippen molar-refractivity contribution in [1.82, 2.24) is 9.88 Å². The van der Waals surface area contributed by atoms with Gasteiger partial charge >= 0.3 is 0 Å². The van der Waals surface area contributed by atoms with Crippen LogP contribution in [0.1, 0.15) is 18.4 Å². The molecule has 1 fully saturated rings. The van der Waals surface area contributed by atoms with E-state index in [2.05, 4.69) is 22.0 Å².